The molecule has 0 rings (SSSR count). The maximum Gasteiger partial charge on any atom is 0.692 e. The van der Waals surface area contributed by atoms with Crippen LogP contribution >= 0.6 is 8.25 Å². The van der Waals surface area contributed by atoms with Crippen LogP contribution in [0.3, 0.4) is 0 Å². The maximum atomic E-state index is 8.70. The summed E-state index contributed by atoms with van der Waals surface area (Å²) in [6, 6.07) is 0. The zero-order valence-corrected chi connectivity index (χ0v) is 7.03. The minimum Gasteiger partial charge on any atom is -0.134 e. The molecule has 3 nitrogen and oxygen atoms in total. The number of hydrogen-bond acceptors (Lipinski definition) is 1. The first kappa shape index (κ1) is 9.34. The molecule has 0 heterocycles. The molecular formula is H2O3PPb+. The Morgan fingerprint density at radius 3 is 1.40 bits per heavy atom. The molecule has 0 aromatic carbocycles. The van der Waals surface area contributed by atoms with Crippen molar-refractivity contribution in [1.29, 1.82) is 0 Å². The molecule has 0 aromatic heterocycles. The second kappa shape index (κ2) is 4.94. The topological polar surface area (TPSA) is 57.5 Å². The Hall–Kier alpha value is 0.942. The van der Waals surface area contributed by atoms with E-state index in [1.807, 2.05) is 0 Å². The van der Waals surface area contributed by atoms with Crippen LogP contribution < -0.4 is 0 Å². The van der Waals surface area contributed by atoms with Crippen LogP contribution in [0.25, 0.3) is 0 Å². The van der Waals surface area contributed by atoms with Gasteiger partial charge in [0.1, 0.15) is 0 Å². The standard InChI is InChI=1S/HO3P.Pb/c1-4(2)3;/h(H-,1,2,3);/p+1. The third kappa shape index (κ3) is 48.2. The van der Waals surface area contributed by atoms with Crippen molar-refractivity contribution in [3.05, 3.63) is 0 Å². The van der Waals surface area contributed by atoms with Gasteiger partial charge in [-0.15, -0.1) is 9.79 Å². The zero-order chi connectivity index (χ0) is 3.58. The minimum absolute atomic E-state index is 0. The summed E-state index contributed by atoms with van der Waals surface area (Å²) in [5, 5.41) is 0. The van der Waals surface area contributed by atoms with E-state index in [0.717, 1.165) is 0 Å². The summed E-state index contributed by atoms with van der Waals surface area (Å²) < 4.78 is 8.70. The van der Waals surface area contributed by atoms with Gasteiger partial charge in [-0.1, -0.05) is 0 Å². The Bertz CT molecular complexity index is 29.9. The van der Waals surface area contributed by atoms with Crippen molar-refractivity contribution in [2.24, 2.45) is 0 Å². The molecule has 0 atom stereocenters. The van der Waals surface area contributed by atoms with E-state index in [1.165, 1.54) is 0 Å². The average Bonchev–Trinajstić information content (AvgIpc) is 0.811. The van der Waals surface area contributed by atoms with E-state index in [-0.39, 0.29) is 27.3 Å². The molecule has 0 aliphatic rings. The van der Waals surface area contributed by atoms with Crippen LogP contribution in [-0.4, -0.2) is 37.1 Å². The van der Waals surface area contributed by atoms with E-state index >= 15 is 0 Å². The van der Waals surface area contributed by atoms with Crippen LogP contribution in [0.4, 0.5) is 0 Å². The fourth-order valence-electron chi connectivity index (χ4n) is 0. The smallest absolute Gasteiger partial charge is 0.134 e. The summed E-state index contributed by atoms with van der Waals surface area (Å²) in [7, 11) is -2.87. The SMILES string of the molecule is O=[P+](O)O.[Pb]. The van der Waals surface area contributed by atoms with Gasteiger partial charge in [0, 0.05) is 31.9 Å². The van der Waals surface area contributed by atoms with Crippen molar-refractivity contribution >= 4 is 35.6 Å². The first-order valence-electron chi connectivity index (χ1n) is 0.583. The summed E-state index contributed by atoms with van der Waals surface area (Å²) >= 11 is 0. The molecule has 0 aliphatic heterocycles. The molecule has 0 amide bonds. The molecule has 0 aromatic rings. The molecule has 5 heteroatoms. The predicted octanol–water partition coefficient (Wildman–Crippen LogP) is -0.752. The normalized spacial score (nSPS) is 5.20. The number of rotatable bonds is 0. The van der Waals surface area contributed by atoms with E-state index in [2.05, 4.69) is 0 Å². The molecule has 28 valence electrons. The van der Waals surface area contributed by atoms with Crippen LogP contribution in [-0.2, 0) is 4.57 Å². The van der Waals surface area contributed by atoms with E-state index in [4.69, 9.17) is 14.4 Å². The Kier molecular flexibility index (Phi) is 9.23. The van der Waals surface area contributed by atoms with Gasteiger partial charge in [-0.3, -0.25) is 0 Å². The summed E-state index contributed by atoms with van der Waals surface area (Å²) in [6.07, 6.45) is 0. The maximum absolute atomic E-state index is 8.70. The van der Waals surface area contributed by atoms with Crippen molar-refractivity contribution in [3.63, 3.8) is 0 Å². The quantitative estimate of drug-likeness (QED) is 0.455. The molecular weight excluding hydrogens is 286 g/mol. The van der Waals surface area contributed by atoms with Gasteiger partial charge < -0.3 is 0 Å². The van der Waals surface area contributed by atoms with Crippen molar-refractivity contribution in [2.75, 3.05) is 0 Å². The molecule has 0 unspecified atom stereocenters. The number of hydrogen-bond donors (Lipinski definition) is 2. The van der Waals surface area contributed by atoms with Gasteiger partial charge in [0.15, 0.2) is 0 Å². The van der Waals surface area contributed by atoms with Crippen molar-refractivity contribution in [2.45, 2.75) is 0 Å². The molecule has 0 bridgehead atoms. The monoisotopic (exact) mass is 289 g/mol. The largest absolute Gasteiger partial charge is 0.692 e. The third-order valence-corrected chi connectivity index (χ3v) is 0. The second-order valence-electron chi connectivity index (χ2n) is 0.253. The molecule has 0 saturated carbocycles. The second-order valence-corrected chi connectivity index (χ2v) is 0.758. The van der Waals surface area contributed by atoms with Crippen molar-refractivity contribution in [3.8, 4) is 0 Å². The Labute approximate surface area is 50.1 Å². The average molecular weight is 288 g/mol. The van der Waals surface area contributed by atoms with E-state index < -0.39 is 8.25 Å². The van der Waals surface area contributed by atoms with Gasteiger partial charge in [-0.2, -0.15) is 0 Å². The third-order valence-electron chi connectivity index (χ3n) is 0. The summed E-state index contributed by atoms with van der Waals surface area (Å²) in [4.78, 5) is 14.2. The van der Waals surface area contributed by atoms with Crippen molar-refractivity contribution < 1.29 is 14.4 Å². The van der Waals surface area contributed by atoms with Crippen LogP contribution in [0.15, 0.2) is 0 Å². The van der Waals surface area contributed by atoms with Crippen LogP contribution in [0.5, 0.6) is 0 Å². The fourth-order valence-corrected chi connectivity index (χ4v) is 0. The molecule has 4 radical (unpaired) electrons. The summed E-state index contributed by atoms with van der Waals surface area (Å²) in [6.45, 7) is 0. The fraction of sp³-hybridized carbons (Fsp3) is 0. The summed E-state index contributed by atoms with van der Waals surface area (Å²) in [5.74, 6) is 0. The van der Waals surface area contributed by atoms with Crippen LogP contribution in [0, 0.1) is 0 Å². The van der Waals surface area contributed by atoms with Crippen molar-refractivity contribution in [1.82, 2.24) is 0 Å². The molecule has 5 heavy (non-hydrogen) atoms. The van der Waals surface area contributed by atoms with Crippen LogP contribution in [0.2, 0.25) is 0 Å². The van der Waals surface area contributed by atoms with Gasteiger partial charge in [-0.25, -0.2) is 0 Å². The Morgan fingerprint density at radius 2 is 1.40 bits per heavy atom. The first-order valence-corrected chi connectivity index (χ1v) is 1.75. The molecule has 0 fully saturated rings. The van der Waals surface area contributed by atoms with Gasteiger partial charge in [0.25, 0.3) is 0 Å². The summed E-state index contributed by atoms with van der Waals surface area (Å²) in [5.41, 5.74) is 0. The molecule has 0 aliphatic carbocycles. The predicted molar refractivity (Wildman–Crippen MR) is 17.8 cm³/mol. The Balaban J connectivity index is 0. The molecule has 2 N–H and O–H groups in total. The van der Waals surface area contributed by atoms with Gasteiger partial charge in [0.05, 0.1) is 0 Å². The zero-order valence-electron chi connectivity index (χ0n) is 2.25. The van der Waals surface area contributed by atoms with Crippen LogP contribution in [0.1, 0.15) is 0 Å². The van der Waals surface area contributed by atoms with Gasteiger partial charge >= 0.3 is 8.25 Å². The van der Waals surface area contributed by atoms with E-state index in [1.54, 1.807) is 0 Å². The molecule has 0 spiro atoms. The van der Waals surface area contributed by atoms with Gasteiger partial charge in [-0.05, 0) is 0 Å². The molecule has 0 saturated heterocycles. The minimum atomic E-state index is -2.87. The Morgan fingerprint density at radius 1 is 1.40 bits per heavy atom. The first-order chi connectivity index (χ1) is 1.73. The van der Waals surface area contributed by atoms with E-state index in [0.29, 0.717) is 0 Å². The van der Waals surface area contributed by atoms with E-state index in [9.17, 15) is 0 Å². The van der Waals surface area contributed by atoms with Gasteiger partial charge in [0.2, 0.25) is 0 Å².